The summed E-state index contributed by atoms with van der Waals surface area (Å²) < 4.78 is 33.4. The number of nitrogens with zero attached hydrogens (tertiary/aromatic N) is 1. The Labute approximate surface area is 127 Å². The number of amides is 1. The van der Waals surface area contributed by atoms with E-state index in [9.17, 15) is 13.6 Å². The lowest BCUT2D eigenvalue weighted by molar-refractivity contribution is 0.00478. The fourth-order valence-electron chi connectivity index (χ4n) is 2.76. The average Bonchev–Trinajstić information content (AvgIpc) is 2.59. The van der Waals surface area contributed by atoms with Crippen LogP contribution in [0.5, 0.6) is 0 Å². The normalized spacial score (nSPS) is 24.1. The Morgan fingerprint density at radius 2 is 2.35 bits per heavy atom. The van der Waals surface area contributed by atoms with Crippen LogP contribution < -0.4 is 10.2 Å². The molecule has 0 saturated carbocycles. The Balaban J connectivity index is 2.06. The van der Waals surface area contributed by atoms with Gasteiger partial charge < -0.3 is 15.0 Å². The molecule has 3 rings (SSSR count). The first-order valence-corrected chi connectivity index (χ1v) is 7.76. The monoisotopic (exact) mass is 366 g/mol. The van der Waals surface area contributed by atoms with E-state index in [4.69, 9.17) is 4.74 Å². The van der Waals surface area contributed by atoms with Crippen molar-refractivity contribution in [1.29, 1.82) is 0 Å². The fourth-order valence-corrected chi connectivity index (χ4v) is 4.54. The van der Waals surface area contributed by atoms with Crippen LogP contribution in [0.3, 0.4) is 0 Å². The minimum Gasteiger partial charge on any atom is -0.382 e. The fraction of sp³-hybridized carbons (Fsp3) is 0.583. The van der Waals surface area contributed by atoms with Gasteiger partial charge in [-0.05, 0) is 15.9 Å². The minimum absolute atomic E-state index is 0.216. The van der Waals surface area contributed by atoms with Gasteiger partial charge in [0.15, 0.2) is 0 Å². The van der Waals surface area contributed by atoms with Gasteiger partial charge in [-0.3, -0.25) is 4.79 Å². The highest BCUT2D eigenvalue weighted by molar-refractivity contribution is 9.11. The summed E-state index contributed by atoms with van der Waals surface area (Å²) in [5.41, 5.74) is 1.19. The van der Waals surface area contributed by atoms with Gasteiger partial charge in [0.05, 0.1) is 28.7 Å². The molecule has 0 aromatic carbocycles. The van der Waals surface area contributed by atoms with Crippen LogP contribution in [0.4, 0.5) is 14.5 Å². The molecule has 4 nitrogen and oxygen atoms in total. The van der Waals surface area contributed by atoms with E-state index in [1.165, 1.54) is 18.4 Å². The van der Waals surface area contributed by atoms with Crippen molar-refractivity contribution in [3.63, 3.8) is 0 Å². The summed E-state index contributed by atoms with van der Waals surface area (Å²) in [6.45, 7) is 0.281. The maximum Gasteiger partial charge on any atom is 0.269 e. The summed E-state index contributed by atoms with van der Waals surface area (Å²) in [6.07, 6.45) is -0.321. The summed E-state index contributed by atoms with van der Waals surface area (Å²) in [5, 5.41) is 2.84. The standard InChI is InChI=1S/C12H13BrF2N2O2S/c1-19-4-6-3-17-5-12(14,15)2-7-8(17)9(11(18)16-6)20-10(7)13/h6H,2-5H2,1H3,(H,16,18). The third-order valence-electron chi connectivity index (χ3n) is 3.45. The lowest BCUT2D eigenvalue weighted by Crippen LogP contribution is -2.49. The van der Waals surface area contributed by atoms with Crippen LogP contribution in [0.2, 0.25) is 0 Å². The number of halogens is 3. The third kappa shape index (κ3) is 2.33. The first-order valence-electron chi connectivity index (χ1n) is 6.15. The largest absolute Gasteiger partial charge is 0.382 e. The highest BCUT2D eigenvalue weighted by Crippen LogP contribution is 2.46. The number of carbonyl (C=O) groups is 1. The number of methoxy groups -OCH3 is 1. The van der Waals surface area contributed by atoms with Crippen molar-refractivity contribution in [3.8, 4) is 0 Å². The number of alkyl halides is 2. The van der Waals surface area contributed by atoms with Gasteiger partial charge in [-0.25, -0.2) is 8.78 Å². The molecular weight excluding hydrogens is 354 g/mol. The molecule has 1 unspecified atom stereocenters. The van der Waals surface area contributed by atoms with Crippen molar-refractivity contribution < 1.29 is 18.3 Å². The van der Waals surface area contributed by atoms with Crippen LogP contribution in [0, 0.1) is 0 Å². The smallest absolute Gasteiger partial charge is 0.269 e. The Hall–Kier alpha value is -0.730. The van der Waals surface area contributed by atoms with Gasteiger partial charge in [0, 0.05) is 25.6 Å². The Morgan fingerprint density at radius 3 is 3.05 bits per heavy atom. The lowest BCUT2D eigenvalue weighted by atomic mass is 10.0. The van der Waals surface area contributed by atoms with E-state index < -0.39 is 5.92 Å². The van der Waals surface area contributed by atoms with Crippen LogP contribution in [0.1, 0.15) is 15.2 Å². The first kappa shape index (κ1) is 14.2. The Kier molecular flexibility index (Phi) is 3.50. The molecule has 3 heterocycles. The van der Waals surface area contributed by atoms with Crippen LogP contribution in [0.15, 0.2) is 3.79 Å². The van der Waals surface area contributed by atoms with Gasteiger partial charge in [-0.15, -0.1) is 11.3 Å². The SMILES string of the molecule is COCC1CN2CC(F)(F)Cc3c(Br)sc(c32)C(=O)N1. The lowest BCUT2D eigenvalue weighted by Gasteiger charge is -2.35. The number of ether oxygens (including phenoxy) is 1. The van der Waals surface area contributed by atoms with Crippen LogP contribution in [-0.4, -0.2) is 44.7 Å². The molecule has 1 atom stereocenters. The summed E-state index contributed by atoms with van der Waals surface area (Å²) in [7, 11) is 1.53. The molecule has 8 heteroatoms. The van der Waals surface area contributed by atoms with Gasteiger partial charge in [0.2, 0.25) is 0 Å². The zero-order valence-electron chi connectivity index (χ0n) is 10.7. The summed E-state index contributed by atoms with van der Waals surface area (Å²) >= 11 is 4.52. The maximum atomic E-state index is 13.9. The summed E-state index contributed by atoms with van der Waals surface area (Å²) in [5.74, 6) is -2.99. The van der Waals surface area contributed by atoms with E-state index in [1.807, 2.05) is 0 Å². The zero-order valence-corrected chi connectivity index (χ0v) is 13.1. The van der Waals surface area contributed by atoms with Crippen molar-refractivity contribution >= 4 is 38.9 Å². The molecular formula is C12H13BrF2N2O2S. The molecule has 110 valence electrons. The molecule has 2 aliphatic rings. The molecule has 20 heavy (non-hydrogen) atoms. The topological polar surface area (TPSA) is 41.6 Å². The molecule has 0 saturated heterocycles. The number of hydrogen-bond acceptors (Lipinski definition) is 4. The Bertz CT molecular complexity index is 564. The van der Waals surface area contributed by atoms with Gasteiger partial charge in [-0.2, -0.15) is 0 Å². The maximum absolute atomic E-state index is 13.9. The van der Waals surface area contributed by atoms with Gasteiger partial charge in [0.25, 0.3) is 11.8 Å². The Morgan fingerprint density at radius 1 is 1.60 bits per heavy atom. The molecule has 1 amide bonds. The number of nitrogens with one attached hydrogen (secondary N) is 1. The first-order chi connectivity index (χ1) is 9.41. The predicted octanol–water partition coefficient (Wildman–Crippen LogP) is 2.27. The van der Waals surface area contributed by atoms with E-state index in [-0.39, 0.29) is 24.9 Å². The number of rotatable bonds is 2. The van der Waals surface area contributed by atoms with Crippen molar-refractivity contribution in [2.24, 2.45) is 0 Å². The van der Waals surface area contributed by atoms with E-state index in [0.29, 0.717) is 33.1 Å². The van der Waals surface area contributed by atoms with Crippen molar-refractivity contribution in [1.82, 2.24) is 5.32 Å². The molecule has 0 aliphatic carbocycles. The summed E-state index contributed by atoms with van der Waals surface area (Å²) in [4.78, 5) is 14.3. The molecule has 0 spiro atoms. The second kappa shape index (κ2) is 4.92. The number of thiophene rings is 1. The van der Waals surface area contributed by atoms with Gasteiger partial charge in [-0.1, -0.05) is 0 Å². The second-order valence-electron chi connectivity index (χ2n) is 5.07. The molecule has 1 aromatic heterocycles. The number of hydrogen-bond donors (Lipinski definition) is 1. The molecule has 1 N–H and O–H groups in total. The molecule has 0 radical (unpaired) electrons. The van der Waals surface area contributed by atoms with E-state index >= 15 is 0 Å². The zero-order chi connectivity index (χ0) is 14.5. The van der Waals surface area contributed by atoms with Gasteiger partial charge >= 0.3 is 0 Å². The van der Waals surface area contributed by atoms with Crippen LogP contribution >= 0.6 is 27.3 Å². The van der Waals surface area contributed by atoms with Crippen molar-refractivity contribution in [3.05, 3.63) is 14.2 Å². The molecule has 2 aliphatic heterocycles. The minimum atomic E-state index is -2.78. The predicted molar refractivity (Wildman–Crippen MR) is 76.0 cm³/mol. The third-order valence-corrected chi connectivity index (χ3v) is 5.43. The average molecular weight is 367 g/mol. The van der Waals surface area contributed by atoms with E-state index in [1.54, 1.807) is 4.90 Å². The number of anilines is 1. The van der Waals surface area contributed by atoms with Crippen LogP contribution in [-0.2, 0) is 11.2 Å². The van der Waals surface area contributed by atoms with Crippen molar-refractivity contribution in [2.45, 2.75) is 18.4 Å². The van der Waals surface area contributed by atoms with Crippen molar-refractivity contribution in [2.75, 3.05) is 31.7 Å². The van der Waals surface area contributed by atoms with E-state index in [0.717, 1.165) is 0 Å². The summed E-state index contributed by atoms with van der Waals surface area (Å²) in [6, 6.07) is -0.285. The second-order valence-corrected chi connectivity index (χ2v) is 7.41. The molecule has 1 aromatic rings. The molecule has 0 fully saturated rings. The quantitative estimate of drug-likeness (QED) is 0.872. The van der Waals surface area contributed by atoms with E-state index in [2.05, 4.69) is 21.2 Å². The number of carbonyl (C=O) groups excluding carboxylic acids is 1. The van der Waals surface area contributed by atoms with Gasteiger partial charge in [0.1, 0.15) is 4.88 Å². The highest BCUT2D eigenvalue weighted by Gasteiger charge is 2.44. The molecule has 0 bridgehead atoms. The highest BCUT2D eigenvalue weighted by atomic mass is 79.9. The van der Waals surface area contributed by atoms with Crippen LogP contribution in [0.25, 0.3) is 0 Å².